The fraction of sp³-hybridized carbons (Fsp3) is 0.903. The Balaban J connectivity index is 4.30. The van der Waals surface area contributed by atoms with Crippen LogP contribution in [0.4, 0.5) is 0 Å². The van der Waals surface area contributed by atoms with E-state index in [-0.39, 0.29) is 31.1 Å². The number of esters is 3. The lowest BCUT2D eigenvalue weighted by molar-refractivity contribution is -0.167. The predicted molar refractivity (Wildman–Crippen MR) is 340 cm³/mol. The molecule has 0 amide bonds. The molecule has 0 saturated heterocycles. The molecule has 6 heteroatoms. The number of hydrogen-bond acceptors (Lipinski definition) is 6. The van der Waals surface area contributed by atoms with E-state index in [4.69, 9.17) is 14.2 Å². The van der Waals surface area contributed by atoms with Crippen LogP contribution >= 0.6 is 0 Å². The van der Waals surface area contributed by atoms with Crippen molar-refractivity contribution in [2.75, 3.05) is 13.2 Å². The molecule has 1 unspecified atom stereocenters. The van der Waals surface area contributed by atoms with Crippen LogP contribution in [0, 0.1) is 0 Å². The summed E-state index contributed by atoms with van der Waals surface area (Å²) < 4.78 is 17.0. The van der Waals surface area contributed by atoms with Gasteiger partial charge >= 0.3 is 17.9 Å². The van der Waals surface area contributed by atoms with E-state index >= 15 is 0 Å². The molecule has 78 heavy (non-hydrogen) atoms. The Morgan fingerprint density at radius 3 is 0.718 bits per heavy atom. The summed E-state index contributed by atoms with van der Waals surface area (Å²) >= 11 is 0. The van der Waals surface area contributed by atoms with Crippen LogP contribution in [0.2, 0.25) is 0 Å². The van der Waals surface area contributed by atoms with E-state index in [1.807, 2.05) is 0 Å². The minimum Gasteiger partial charge on any atom is -0.462 e. The Hall–Kier alpha value is -2.11. The summed E-state index contributed by atoms with van der Waals surface area (Å²) in [6.45, 7) is 6.71. The van der Waals surface area contributed by atoms with Crippen molar-refractivity contribution in [2.24, 2.45) is 0 Å². The van der Waals surface area contributed by atoms with Gasteiger partial charge in [-0.15, -0.1) is 0 Å². The van der Waals surface area contributed by atoms with Crippen LogP contribution in [0.25, 0.3) is 0 Å². The highest BCUT2D eigenvalue weighted by Crippen LogP contribution is 2.19. The van der Waals surface area contributed by atoms with Crippen LogP contribution in [-0.4, -0.2) is 37.2 Å². The third-order valence-corrected chi connectivity index (χ3v) is 16.2. The van der Waals surface area contributed by atoms with Crippen molar-refractivity contribution in [1.29, 1.82) is 0 Å². The highest BCUT2D eigenvalue weighted by Gasteiger charge is 2.19. The van der Waals surface area contributed by atoms with Gasteiger partial charge in [-0.05, 0) is 51.4 Å². The average Bonchev–Trinajstić information content (AvgIpc) is 3.44. The molecular formula is C72H136O6. The Labute approximate surface area is 487 Å². The van der Waals surface area contributed by atoms with Gasteiger partial charge in [0.25, 0.3) is 0 Å². The SMILES string of the molecule is CCCCCC/C=C\C/C=C\CCCCCCCCCC(=O)OCC(COC(=O)CCCCCCCCCCCCCCCCCCCCCCC)OC(=O)CCCCCCCCCCCCCCCCCCCCCCC. The van der Waals surface area contributed by atoms with Crippen LogP contribution in [0.1, 0.15) is 400 Å². The molecule has 460 valence electrons. The maximum absolute atomic E-state index is 13.0. The molecule has 0 rings (SSSR count). The first-order chi connectivity index (χ1) is 38.5. The third-order valence-electron chi connectivity index (χ3n) is 16.2. The van der Waals surface area contributed by atoms with Crippen LogP contribution in [0.3, 0.4) is 0 Å². The standard InChI is InChI=1S/C72H136O6/c1-4-7-10-13-16-19-22-25-28-31-34-36-38-41-44-47-50-53-56-59-62-65-71(74)77-68-69(67-76-70(73)64-61-58-55-52-49-46-43-40-33-30-27-24-21-18-15-12-9-6-3)78-72(75)66-63-60-57-54-51-48-45-42-39-37-35-32-29-26-23-20-17-14-11-8-5-2/h21,24,30,33,69H,4-20,22-23,25-29,31-32,34-68H2,1-3H3/b24-21-,33-30-. The number of carbonyl (C=O) groups excluding carboxylic acids is 3. The van der Waals surface area contributed by atoms with Gasteiger partial charge in [-0.25, -0.2) is 0 Å². The number of unbranched alkanes of at least 4 members (excludes halogenated alkanes) is 51. The number of carbonyl (C=O) groups is 3. The zero-order chi connectivity index (χ0) is 56.4. The molecule has 6 nitrogen and oxygen atoms in total. The molecule has 0 bridgehead atoms. The fourth-order valence-electron chi connectivity index (χ4n) is 10.9. The van der Waals surface area contributed by atoms with E-state index in [0.717, 1.165) is 70.6 Å². The van der Waals surface area contributed by atoms with Gasteiger partial charge in [-0.2, -0.15) is 0 Å². The summed E-state index contributed by atoms with van der Waals surface area (Å²) in [4.78, 5) is 38.5. The monoisotopic (exact) mass is 1100 g/mol. The second kappa shape index (κ2) is 67.4. The smallest absolute Gasteiger partial charge is 0.306 e. The van der Waals surface area contributed by atoms with E-state index < -0.39 is 6.10 Å². The molecule has 0 radical (unpaired) electrons. The second-order valence-electron chi connectivity index (χ2n) is 24.2. The van der Waals surface area contributed by atoms with Crippen molar-refractivity contribution in [3.05, 3.63) is 24.3 Å². The highest BCUT2D eigenvalue weighted by atomic mass is 16.6. The highest BCUT2D eigenvalue weighted by molar-refractivity contribution is 5.71. The third kappa shape index (κ3) is 64.7. The van der Waals surface area contributed by atoms with Crippen LogP contribution in [0.15, 0.2) is 24.3 Å². The van der Waals surface area contributed by atoms with Crippen molar-refractivity contribution >= 4 is 17.9 Å². The maximum Gasteiger partial charge on any atom is 0.306 e. The fourth-order valence-corrected chi connectivity index (χ4v) is 10.9. The lowest BCUT2D eigenvalue weighted by Gasteiger charge is -2.18. The molecule has 0 aromatic rings. The number of hydrogen-bond donors (Lipinski definition) is 0. The molecule has 0 fully saturated rings. The molecule has 0 spiro atoms. The maximum atomic E-state index is 13.0. The quantitative estimate of drug-likeness (QED) is 0.0261. The van der Waals surface area contributed by atoms with Crippen LogP contribution in [0.5, 0.6) is 0 Å². The first-order valence-corrected chi connectivity index (χ1v) is 35.3. The summed E-state index contributed by atoms with van der Waals surface area (Å²) in [6, 6.07) is 0. The predicted octanol–water partition coefficient (Wildman–Crippen LogP) is 24.2. The zero-order valence-corrected chi connectivity index (χ0v) is 53.0. The molecule has 0 aliphatic rings. The Morgan fingerprint density at radius 1 is 0.256 bits per heavy atom. The largest absolute Gasteiger partial charge is 0.462 e. The number of rotatable bonds is 66. The second-order valence-corrected chi connectivity index (χ2v) is 24.2. The van der Waals surface area contributed by atoms with Crippen molar-refractivity contribution in [3.63, 3.8) is 0 Å². The minimum atomic E-state index is -0.772. The first-order valence-electron chi connectivity index (χ1n) is 35.3. The van der Waals surface area contributed by atoms with Gasteiger partial charge in [0, 0.05) is 19.3 Å². The molecular weight excluding hydrogens is 961 g/mol. The Bertz CT molecular complexity index is 1260. The lowest BCUT2D eigenvalue weighted by atomic mass is 10.0. The molecule has 0 aromatic carbocycles. The number of ether oxygens (including phenoxy) is 3. The summed E-state index contributed by atoms with van der Waals surface area (Å²) in [5.74, 6) is -0.840. The lowest BCUT2D eigenvalue weighted by Crippen LogP contribution is -2.30. The topological polar surface area (TPSA) is 78.9 Å². The summed E-state index contributed by atoms with van der Waals surface area (Å²) in [6.07, 6.45) is 82.0. The molecule has 0 saturated carbocycles. The molecule has 0 heterocycles. The van der Waals surface area contributed by atoms with Gasteiger partial charge < -0.3 is 14.2 Å². The van der Waals surface area contributed by atoms with Gasteiger partial charge in [-0.3, -0.25) is 14.4 Å². The molecule has 0 aromatic heterocycles. The van der Waals surface area contributed by atoms with E-state index in [9.17, 15) is 14.4 Å². The van der Waals surface area contributed by atoms with E-state index in [1.165, 1.54) is 289 Å². The zero-order valence-electron chi connectivity index (χ0n) is 53.0. The first kappa shape index (κ1) is 75.9. The van der Waals surface area contributed by atoms with Gasteiger partial charge in [-0.1, -0.05) is 353 Å². The Kier molecular flexibility index (Phi) is 65.6. The minimum absolute atomic E-state index is 0.0670. The molecule has 0 N–H and O–H groups in total. The van der Waals surface area contributed by atoms with Crippen molar-refractivity contribution in [2.45, 2.75) is 406 Å². The van der Waals surface area contributed by atoms with Crippen LogP contribution < -0.4 is 0 Å². The van der Waals surface area contributed by atoms with E-state index in [2.05, 4.69) is 45.1 Å². The molecule has 1 atom stereocenters. The van der Waals surface area contributed by atoms with Crippen molar-refractivity contribution in [3.8, 4) is 0 Å². The van der Waals surface area contributed by atoms with Crippen molar-refractivity contribution in [1.82, 2.24) is 0 Å². The summed E-state index contributed by atoms with van der Waals surface area (Å²) in [7, 11) is 0. The van der Waals surface area contributed by atoms with Crippen molar-refractivity contribution < 1.29 is 28.6 Å². The Morgan fingerprint density at radius 2 is 0.462 bits per heavy atom. The van der Waals surface area contributed by atoms with Gasteiger partial charge in [0.1, 0.15) is 13.2 Å². The molecule has 0 aliphatic heterocycles. The average molecular weight is 1100 g/mol. The van der Waals surface area contributed by atoms with Gasteiger partial charge in [0.05, 0.1) is 0 Å². The van der Waals surface area contributed by atoms with Gasteiger partial charge in [0.15, 0.2) is 6.10 Å². The van der Waals surface area contributed by atoms with Crippen LogP contribution in [-0.2, 0) is 28.6 Å². The normalized spacial score (nSPS) is 12.1. The van der Waals surface area contributed by atoms with E-state index in [1.54, 1.807) is 0 Å². The summed E-state index contributed by atoms with van der Waals surface area (Å²) in [5.41, 5.74) is 0. The summed E-state index contributed by atoms with van der Waals surface area (Å²) in [5, 5.41) is 0. The van der Waals surface area contributed by atoms with Gasteiger partial charge in [0.2, 0.25) is 0 Å². The van der Waals surface area contributed by atoms with E-state index in [0.29, 0.717) is 19.3 Å². The number of allylic oxidation sites excluding steroid dienone is 4. The molecule has 0 aliphatic carbocycles.